The van der Waals surface area contributed by atoms with Gasteiger partial charge in [-0.05, 0) is 49.6 Å². The van der Waals surface area contributed by atoms with E-state index in [2.05, 4.69) is 20.9 Å². The first-order valence-electron chi connectivity index (χ1n) is 21.3. The number of nitrogens with one attached hydrogen (secondary N) is 3. The summed E-state index contributed by atoms with van der Waals surface area (Å²) in [4.78, 5) is 77.3. The minimum Gasteiger partial charge on any atom is -0.465 e. The van der Waals surface area contributed by atoms with Crippen molar-refractivity contribution in [2.75, 3.05) is 47.9 Å². The highest BCUT2D eigenvalue weighted by Gasteiger charge is 2.43. The van der Waals surface area contributed by atoms with Crippen LogP contribution in [0.2, 0.25) is 0 Å². The smallest absolute Gasteiger partial charge is 0.404 e. The van der Waals surface area contributed by atoms with Crippen molar-refractivity contribution in [2.24, 2.45) is 23.7 Å². The van der Waals surface area contributed by atoms with E-state index in [1.54, 1.807) is 44.3 Å². The molecule has 0 aliphatic carbocycles. The van der Waals surface area contributed by atoms with E-state index in [9.17, 15) is 24.0 Å². The Morgan fingerprint density at radius 2 is 1.65 bits per heavy atom. The highest BCUT2D eigenvalue weighted by Crippen LogP contribution is 2.30. The lowest BCUT2D eigenvalue weighted by Gasteiger charge is -2.41. The van der Waals surface area contributed by atoms with Gasteiger partial charge in [0.2, 0.25) is 23.6 Å². The number of hydrogen-bond donors (Lipinski definition) is 4. The summed E-state index contributed by atoms with van der Waals surface area (Å²) in [5.41, 5.74) is 1.08. The molecule has 0 radical (unpaired) electrons. The Hall–Kier alpha value is -4.12. The lowest BCUT2D eigenvalue weighted by molar-refractivity contribution is -0.148. The summed E-state index contributed by atoms with van der Waals surface area (Å²) in [5, 5.41) is 20.3. The van der Waals surface area contributed by atoms with Crippen molar-refractivity contribution in [2.45, 2.75) is 123 Å². The molecule has 1 aromatic carbocycles. The van der Waals surface area contributed by atoms with E-state index in [1.165, 1.54) is 11.3 Å². The molecule has 9 atom stereocenters. The number of rotatable bonds is 24. The number of nitrogens with zero attached hydrogens (tertiary/aromatic N) is 4. The highest BCUT2D eigenvalue weighted by atomic mass is 32.1. The second kappa shape index (κ2) is 24.4. The van der Waals surface area contributed by atoms with Crippen LogP contribution in [0, 0.1) is 23.7 Å². The third kappa shape index (κ3) is 13.7. The SMILES string of the molecule is CCC(C)C(C(CC(=O)N1CCC[C@H]1C(OC)C(C)C(=O)NC(Cc1ccccc1)c1nccs1)OC)N(C)C(=O)C(NC(=O)C(C(C)C)N(C)CCNC(=O)O)C(C)C. The minimum atomic E-state index is -1.14. The fourth-order valence-corrected chi connectivity index (χ4v) is 9.22. The number of aromatic nitrogens is 1. The van der Waals surface area contributed by atoms with Crippen molar-refractivity contribution in [3.8, 4) is 0 Å². The first-order chi connectivity index (χ1) is 28.5. The normalized spacial score (nSPS) is 18.3. The van der Waals surface area contributed by atoms with Crippen LogP contribution >= 0.6 is 11.3 Å². The average molecular weight is 858 g/mol. The molecule has 1 fully saturated rings. The van der Waals surface area contributed by atoms with Crippen LogP contribution in [0.25, 0.3) is 0 Å². The largest absolute Gasteiger partial charge is 0.465 e. The number of carbonyl (C=O) groups excluding carboxylic acids is 4. The van der Waals surface area contributed by atoms with Crippen LogP contribution < -0.4 is 16.0 Å². The number of amides is 5. The molecule has 1 aliphatic heterocycles. The molecule has 3 rings (SSSR count). The van der Waals surface area contributed by atoms with Crippen molar-refractivity contribution < 1.29 is 38.6 Å². The first kappa shape index (κ1) is 50.2. The average Bonchev–Trinajstić information content (AvgIpc) is 3.93. The van der Waals surface area contributed by atoms with E-state index in [1.807, 2.05) is 89.1 Å². The first-order valence-corrected chi connectivity index (χ1v) is 22.2. The molecule has 0 bridgehead atoms. The van der Waals surface area contributed by atoms with Gasteiger partial charge in [0.25, 0.3) is 0 Å². The Bertz CT molecular complexity index is 1650. The zero-order valence-corrected chi connectivity index (χ0v) is 38.4. The Morgan fingerprint density at radius 1 is 0.967 bits per heavy atom. The second-order valence-corrected chi connectivity index (χ2v) is 17.8. The predicted octanol–water partition coefficient (Wildman–Crippen LogP) is 4.83. The van der Waals surface area contributed by atoms with E-state index in [-0.39, 0.29) is 66.4 Å². The maximum absolute atomic E-state index is 14.4. The monoisotopic (exact) mass is 858 g/mol. The van der Waals surface area contributed by atoms with Gasteiger partial charge in [-0.1, -0.05) is 85.2 Å². The molecule has 1 aromatic heterocycles. The quantitative estimate of drug-likeness (QED) is 0.114. The minimum absolute atomic E-state index is 0.00311. The lowest BCUT2D eigenvalue weighted by Crippen LogP contribution is -2.60. The molecule has 0 saturated carbocycles. The van der Waals surface area contributed by atoms with E-state index in [4.69, 9.17) is 14.6 Å². The molecule has 2 heterocycles. The van der Waals surface area contributed by atoms with Gasteiger partial charge >= 0.3 is 6.09 Å². The number of hydrogen-bond acceptors (Lipinski definition) is 10. The van der Waals surface area contributed by atoms with Crippen LogP contribution in [-0.4, -0.2) is 139 Å². The van der Waals surface area contributed by atoms with Gasteiger partial charge < -0.3 is 40.3 Å². The predicted molar refractivity (Wildman–Crippen MR) is 233 cm³/mol. The van der Waals surface area contributed by atoms with Gasteiger partial charge in [-0.25, -0.2) is 9.78 Å². The van der Waals surface area contributed by atoms with E-state index in [0.717, 1.165) is 17.0 Å². The number of carbonyl (C=O) groups is 5. The van der Waals surface area contributed by atoms with Crippen LogP contribution in [0.3, 0.4) is 0 Å². The van der Waals surface area contributed by atoms with Crippen LogP contribution in [0.4, 0.5) is 4.79 Å². The molecule has 2 aromatic rings. The van der Waals surface area contributed by atoms with Crippen LogP contribution in [0.15, 0.2) is 41.9 Å². The molecule has 1 saturated heterocycles. The number of benzene rings is 1. The maximum atomic E-state index is 14.4. The van der Waals surface area contributed by atoms with E-state index >= 15 is 0 Å². The van der Waals surface area contributed by atoms with Crippen LogP contribution in [0.5, 0.6) is 0 Å². The summed E-state index contributed by atoms with van der Waals surface area (Å²) >= 11 is 1.49. The fraction of sp³-hybridized carbons (Fsp3) is 0.682. The summed E-state index contributed by atoms with van der Waals surface area (Å²) in [6.45, 7) is 14.4. The summed E-state index contributed by atoms with van der Waals surface area (Å²) < 4.78 is 12.1. The maximum Gasteiger partial charge on any atom is 0.404 e. The molecular weight excluding hydrogens is 787 g/mol. The molecule has 1 aliphatic rings. The van der Waals surface area contributed by atoms with Gasteiger partial charge in [0.1, 0.15) is 11.0 Å². The third-order valence-corrected chi connectivity index (χ3v) is 12.8. The molecular formula is C44H71N7O8S. The number of thiazole rings is 1. The number of likely N-dealkylation sites (N-methyl/N-ethyl adjacent to an activating group) is 2. The van der Waals surface area contributed by atoms with Crippen molar-refractivity contribution >= 4 is 41.1 Å². The molecule has 336 valence electrons. The number of methoxy groups -OCH3 is 2. The van der Waals surface area contributed by atoms with Crippen molar-refractivity contribution in [1.82, 2.24) is 35.6 Å². The third-order valence-electron chi connectivity index (χ3n) is 12.0. The standard InChI is InChI=1S/C44H71N7O8S/c1-12-29(6)38(50(9)43(55)36(27(2)3)48-41(54)37(28(4)5)49(8)23-20-46-44(56)57)34(58-10)26-35(52)51-22-16-19-33(51)39(59-11)30(7)40(53)47-32(42-45-21-24-60-42)25-31-17-14-13-15-18-31/h13-15,17-18,21,24,27-30,32-34,36-39,46H,12,16,19-20,22-23,25-26H2,1-11H3,(H,47,53)(H,48,54)(H,56,57)/t29?,30?,32?,33-,34?,36?,37?,38?,39?/m0/s1. The highest BCUT2D eigenvalue weighted by molar-refractivity contribution is 7.09. The van der Waals surface area contributed by atoms with Crippen molar-refractivity contribution in [3.05, 3.63) is 52.5 Å². The van der Waals surface area contributed by atoms with Crippen molar-refractivity contribution in [1.29, 1.82) is 0 Å². The van der Waals surface area contributed by atoms with Crippen molar-refractivity contribution in [3.63, 3.8) is 0 Å². The summed E-state index contributed by atoms with van der Waals surface area (Å²) in [6.07, 6.45) is 2.07. The molecule has 15 nitrogen and oxygen atoms in total. The summed E-state index contributed by atoms with van der Waals surface area (Å²) in [7, 11) is 6.59. The molecule has 0 spiro atoms. The fourth-order valence-electron chi connectivity index (χ4n) is 8.53. The number of likely N-dealkylation sites (tertiary alicyclic amines) is 1. The van der Waals surface area contributed by atoms with Gasteiger partial charge in [0.05, 0.1) is 48.7 Å². The molecule has 60 heavy (non-hydrogen) atoms. The second-order valence-electron chi connectivity index (χ2n) is 16.8. The van der Waals surface area contributed by atoms with Gasteiger partial charge in [0.15, 0.2) is 0 Å². The van der Waals surface area contributed by atoms with Gasteiger partial charge in [-0.2, -0.15) is 0 Å². The van der Waals surface area contributed by atoms with Gasteiger partial charge in [-0.15, -0.1) is 11.3 Å². The molecule has 5 amide bonds. The lowest BCUT2D eigenvalue weighted by atomic mass is 9.89. The van der Waals surface area contributed by atoms with E-state index in [0.29, 0.717) is 32.4 Å². The summed E-state index contributed by atoms with van der Waals surface area (Å²) in [5.74, 6) is -1.98. The molecule has 16 heteroatoms. The zero-order chi connectivity index (χ0) is 44.7. The number of carboxylic acid groups (broad SMARTS) is 1. The Balaban J connectivity index is 1.78. The zero-order valence-electron chi connectivity index (χ0n) is 37.6. The van der Waals surface area contributed by atoms with Crippen LogP contribution in [0.1, 0.15) is 90.8 Å². The Kier molecular flexibility index (Phi) is 20.4. The Morgan fingerprint density at radius 3 is 2.20 bits per heavy atom. The Labute approximate surface area is 361 Å². The van der Waals surface area contributed by atoms with Gasteiger partial charge in [0, 0.05) is 52.5 Å². The van der Waals surface area contributed by atoms with E-state index < -0.39 is 42.3 Å². The van der Waals surface area contributed by atoms with Crippen LogP contribution in [-0.2, 0) is 35.1 Å². The molecule has 8 unspecified atom stereocenters. The topological polar surface area (TPSA) is 183 Å². The summed E-state index contributed by atoms with van der Waals surface area (Å²) in [6, 6.07) is 7.31. The van der Waals surface area contributed by atoms with Gasteiger partial charge in [-0.3, -0.25) is 24.1 Å². The molecule has 4 N–H and O–H groups in total. The number of ether oxygens (including phenoxy) is 2.